The Balaban J connectivity index is 2.11. The van der Waals surface area contributed by atoms with E-state index in [-0.39, 0.29) is 5.91 Å². The van der Waals surface area contributed by atoms with Crippen LogP contribution in [0.25, 0.3) is 0 Å². The molecule has 0 heterocycles. The second-order valence-electron chi connectivity index (χ2n) is 5.11. The number of rotatable bonds is 5. The third kappa shape index (κ3) is 4.10. The van der Waals surface area contributed by atoms with Crippen molar-refractivity contribution in [1.29, 1.82) is 0 Å². The summed E-state index contributed by atoms with van der Waals surface area (Å²) in [5.41, 5.74) is 6.01. The minimum atomic E-state index is -0.258. The zero-order chi connectivity index (χ0) is 16.8. The van der Waals surface area contributed by atoms with Crippen LogP contribution in [0, 0.1) is 13.8 Å². The molecule has 1 N–H and O–H groups in total. The van der Waals surface area contributed by atoms with Gasteiger partial charge in [0, 0.05) is 11.1 Å². The van der Waals surface area contributed by atoms with Crippen LogP contribution in [0.2, 0.25) is 0 Å². The second kappa shape index (κ2) is 7.45. The van der Waals surface area contributed by atoms with Crippen molar-refractivity contribution in [3.05, 3.63) is 58.7 Å². The molecule has 0 aliphatic rings. The molecule has 0 saturated heterocycles. The summed E-state index contributed by atoms with van der Waals surface area (Å²) in [4.78, 5) is 12.1. The molecule has 2 aromatic rings. The summed E-state index contributed by atoms with van der Waals surface area (Å²) in [7, 11) is 3.16. The van der Waals surface area contributed by atoms with E-state index in [4.69, 9.17) is 9.47 Å². The fraction of sp³-hybridized carbons (Fsp3) is 0.222. The SMILES string of the molecule is COc1ccc(OC)c(/C=N/NC(=O)c2ccc(C)c(C)c2)c1. The lowest BCUT2D eigenvalue weighted by atomic mass is 10.1. The molecule has 0 spiro atoms. The monoisotopic (exact) mass is 312 g/mol. The van der Waals surface area contributed by atoms with E-state index >= 15 is 0 Å². The van der Waals surface area contributed by atoms with E-state index in [1.165, 1.54) is 6.21 Å². The molecule has 2 rings (SSSR count). The van der Waals surface area contributed by atoms with Gasteiger partial charge in [-0.2, -0.15) is 5.10 Å². The highest BCUT2D eigenvalue weighted by molar-refractivity contribution is 5.95. The lowest BCUT2D eigenvalue weighted by Crippen LogP contribution is -2.17. The first kappa shape index (κ1) is 16.5. The smallest absolute Gasteiger partial charge is 0.271 e. The molecule has 0 atom stereocenters. The number of methoxy groups -OCH3 is 2. The van der Waals surface area contributed by atoms with Crippen molar-refractivity contribution < 1.29 is 14.3 Å². The molecule has 0 unspecified atom stereocenters. The number of ether oxygens (including phenoxy) is 2. The Bertz CT molecular complexity index is 739. The molecule has 120 valence electrons. The molecule has 0 bridgehead atoms. The van der Waals surface area contributed by atoms with Gasteiger partial charge in [0.15, 0.2) is 0 Å². The van der Waals surface area contributed by atoms with Crippen LogP contribution in [0.5, 0.6) is 11.5 Å². The van der Waals surface area contributed by atoms with Gasteiger partial charge in [0.2, 0.25) is 0 Å². The van der Waals surface area contributed by atoms with Crippen LogP contribution in [0.15, 0.2) is 41.5 Å². The van der Waals surface area contributed by atoms with E-state index in [2.05, 4.69) is 10.5 Å². The van der Waals surface area contributed by atoms with Gasteiger partial charge in [0.05, 0.1) is 20.4 Å². The maximum Gasteiger partial charge on any atom is 0.271 e. The van der Waals surface area contributed by atoms with E-state index in [9.17, 15) is 4.79 Å². The number of amides is 1. The molecule has 5 nitrogen and oxygen atoms in total. The molecule has 0 radical (unpaired) electrons. The second-order valence-corrected chi connectivity index (χ2v) is 5.11. The van der Waals surface area contributed by atoms with E-state index in [1.807, 2.05) is 26.0 Å². The maximum absolute atomic E-state index is 12.1. The molecular weight excluding hydrogens is 292 g/mol. The largest absolute Gasteiger partial charge is 0.497 e. The van der Waals surface area contributed by atoms with E-state index in [0.717, 1.165) is 11.1 Å². The van der Waals surface area contributed by atoms with Gasteiger partial charge in [-0.3, -0.25) is 4.79 Å². The Kier molecular flexibility index (Phi) is 5.36. The van der Waals surface area contributed by atoms with Crippen LogP contribution < -0.4 is 14.9 Å². The molecule has 23 heavy (non-hydrogen) atoms. The summed E-state index contributed by atoms with van der Waals surface area (Å²) in [5, 5.41) is 3.99. The average Bonchev–Trinajstić information content (AvgIpc) is 2.57. The molecule has 0 aromatic heterocycles. The predicted molar refractivity (Wildman–Crippen MR) is 90.5 cm³/mol. The highest BCUT2D eigenvalue weighted by atomic mass is 16.5. The van der Waals surface area contributed by atoms with Crippen LogP contribution in [0.4, 0.5) is 0 Å². The number of hydrazone groups is 1. The van der Waals surface area contributed by atoms with Crippen molar-refractivity contribution in [3.8, 4) is 11.5 Å². The van der Waals surface area contributed by atoms with E-state index in [0.29, 0.717) is 22.6 Å². The van der Waals surface area contributed by atoms with Crippen LogP contribution in [0.3, 0.4) is 0 Å². The van der Waals surface area contributed by atoms with Gasteiger partial charge in [-0.1, -0.05) is 6.07 Å². The minimum absolute atomic E-state index is 0.258. The highest BCUT2D eigenvalue weighted by Crippen LogP contribution is 2.22. The van der Waals surface area contributed by atoms with Gasteiger partial charge < -0.3 is 9.47 Å². The molecule has 5 heteroatoms. The van der Waals surface area contributed by atoms with Gasteiger partial charge in [-0.15, -0.1) is 0 Å². The molecule has 0 aliphatic carbocycles. The highest BCUT2D eigenvalue weighted by Gasteiger charge is 2.06. The quantitative estimate of drug-likeness (QED) is 0.682. The summed E-state index contributed by atoms with van der Waals surface area (Å²) in [5.74, 6) is 1.08. The standard InChI is InChI=1S/C18H20N2O3/c1-12-5-6-14(9-13(12)2)18(21)20-19-11-15-10-16(22-3)7-8-17(15)23-4/h5-11H,1-4H3,(H,20,21)/b19-11+. The predicted octanol–water partition coefficient (Wildman–Crippen LogP) is 3.08. The summed E-state index contributed by atoms with van der Waals surface area (Å²) >= 11 is 0. The Morgan fingerprint density at radius 2 is 1.83 bits per heavy atom. The summed E-state index contributed by atoms with van der Waals surface area (Å²) in [6.07, 6.45) is 1.53. The van der Waals surface area contributed by atoms with Crippen molar-refractivity contribution >= 4 is 12.1 Å². The number of hydrogen-bond acceptors (Lipinski definition) is 4. The van der Waals surface area contributed by atoms with Crippen molar-refractivity contribution in [2.45, 2.75) is 13.8 Å². The lowest BCUT2D eigenvalue weighted by molar-refractivity contribution is 0.0955. The van der Waals surface area contributed by atoms with Crippen LogP contribution in [-0.4, -0.2) is 26.3 Å². The maximum atomic E-state index is 12.1. The fourth-order valence-electron chi connectivity index (χ4n) is 2.05. The summed E-state index contributed by atoms with van der Waals surface area (Å²) in [6.45, 7) is 3.97. The lowest BCUT2D eigenvalue weighted by Gasteiger charge is -2.07. The number of benzene rings is 2. The van der Waals surface area contributed by atoms with Crippen LogP contribution >= 0.6 is 0 Å². The first-order valence-electron chi connectivity index (χ1n) is 7.18. The van der Waals surface area contributed by atoms with Gasteiger partial charge in [0.1, 0.15) is 11.5 Å². The zero-order valence-electron chi connectivity index (χ0n) is 13.7. The van der Waals surface area contributed by atoms with Crippen molar-refractivity contribution in [2.24, 2.45) is 5.10 Å². The number of aryl methyl sites for hydroxylation is 2. The Hall–Kier alpha value is -2.82. The average molecular weight is 312 g/mol. The molecule has 1 amide bonds. The van der Waals surface area contributed by atoms with Gasteiger partial charge >= 0.3 is 0 Å². The number of nitrogens with one attached hydrogen (secondary N) is 1. The number of carbonyl (C=O) groups excluding carboxylic acids is 1. The number of carbonyl (C=O) groups is 1. The summed E-state index contributed by atoms with van der Waals surface area (Å²) in [6, 6.07) is 10.9. The number of nitrogens with zero attached hydrogens (tertiary/aromatic N) is 1. The molecule has 0 fully saturated rings. The Morgan fingerprint density at radius 1 is 1.04 bits per heavy atom. The summed E-state index contributed by atoms with van der Waals surface area (Å²) < 4.78 is 10.4. The van der Waals surface area contributed by atoms with Gasteiger partial charge in [0.25, 0.3) is 5.91 Å². The zero-order valence-corrected chi connectivity index (χ0v) is 13.7. The molecule has 2 aromatic carbocycles. The Morgan fingerprint density at radius 3 is 2.48 bits per heavy atom. The third-order valence-corrected chi connectivity index (χ3v) is 3.58. The fourth-order valence-corrected chi connectivity index (χ4v) is 2.05. The molecule has 0 saturated carbocycles. The molecular formula is C18H20N2O3. The van der Waals surface area contributed by atoms with E-state index < -0.39 is 0 Å². The first-order valence-corrected chi connectivity index (χ1v) is 7.18. The Labute approximate surface area is 135 Å². The number of hydrogen-bond donors (Lipinski definition) is 1. The van der Waals surface area contributed by atoms with Crippen LogP contribution in [0.1, 0.15) is 27.0 Å². The third-order valence-electron chi connectivity index (χ3n) is 3.58. The van der Waals surface area contributed by atoms with Gasteiger partial charge in [-0.25, -0.2) is 5.43 Å². The molecule has 0 aliphatic heterocycles. The van der Waals surface area contributed by atoms with Crippen molar-refractivity contribution in [3.63, 3.8) is 0 Å². The minimum Gasteiger partial charge on any atom is -0.497 e. The van der Waals surface area contributed by atoms with Crippen LogP contribution in [-0.2, 0) is 0 Å². The topological polar surface area (TPSA) is 59.9 Å². The van der Waals surface area contributed by atoms with Crippen molar-refractivity contribution in [1.82, 2.24) is 5.43 Å². The van der Waals surface area contributed by atoms with Crippen molar-refractivity contribution in [2.75, 3.05) is 14.2 Å². The normalized spacial score (nSPS) is 10.6. The first-order chi connectivity index (χ1) is 11.0. The van der Waals surface area contributed by atoms with Gasteiger partial charge in [-0.05, 0) is 55.3 Å². The van der Waals surface area contributed by atoms with E-state index in [1.54, 1.807) is 38.5 Å².